The molecule has 0 aromatic carbocycles. The van der Waals surface area contributed by atoms with E-state index in [9.17, 15) is 0 Å². The maximum absolute atomic E-state index is 9.05. The van der Waals surface area contributed by atoms with E-state index in [-0.39, 0.29) is 108 Å². The van der Waals surface area contributed by atoms with E-state index < -0.39 is 0 Å². The number of hydrogen-bond donors (Lipinski definition) is 1. The number of epoxide rings is 1. The van der Waals surface area contributed by atoms with Crippen LogP contribution in [0.3, 0.4) is 0 Å². The zero-order chi connectivity index (χ0) is 13.7. The van der Waals surface area contributed by atoms with Gasteiger partial charge in [-0.05, 0) is 0 Å². The van der Waals surface area contributed by atoms with Crippen LogP contribution in [0, 0.1) is 0 Å². The van der Waals surface area contributed by atoms with Crippen LogP contribution in [-0.4, -0.2) is 99.6 Å². The molecule has 1 fully saturated rings. The van der Waals surface area contributed by atoms with Crippen LogP contribution in [0.2, 0.25) is 0 Å². The molecule has 5 nitrogen and oxygen atoms in total. The summed E-state index contributed by atoms with van der Waals surface area (Å²) in [6, 6.07) is 0. The molecule has 136 valence electrons. The van der Waals surface area contributed by atoms with E-state index in [2.05, 4.69) is 21.1 Å². The smallest absolute Gasteiger partial charge is 1.00 e. The minimum atomic E-state index is -0.369. The molecule has 0 aromatic rings. The fourth-order valence-corrected chi connectivity index (χ4v) is 1.56. The molecule has 0 aromatic heterocycles. The van der Waals surface area contributed by atoms with Crippen molar-refractivity contribution in [3.63, 3.8) is 0 Å². The summed E-state index contributed by atoms with van der Waals surface area (Å²) in [6.45, 7) is 2.85. The largest absolute Gasteiger partial charge is 1.00 e. The Morgan fingerprint density at radius 2 is 1.35 bits per heavy atom. The molecule has 0 saturated carbocycles. The Bertz CT molecular complexity index is 229. The molecule has 2 atom stereocenters. The molecule has 0 bridgehead atoms. The van der Waals surface area contributed by atoms with Crippen LogP contribution >= 0.6 is 11.6 Å². The first kappa shape index (κ1) is 45.0. The van der Waals surface area contributed by atoms with Gasteiger partial charge in [0.05, 0.1) is 54.8 Å². The van der Waals surface area contributed by atoms with Gasteiger partial charge in [-0.15, -0.1) is 11.6 Å². The number of quaternary nitrogens is 2. The van der Waals surface area contributed by atoms with Crippen LogP contribution in [0.25, 0.3) is 0 Å². The Morgan fingerprint density at radius 3 is 1.43 bits per heavy atom. The molecular weight excluding hydrogens is 408 g/mol. The standard InChI is InChI=1S/C6H15ClNO.C6H14NO.3ClH.2Na.H2O/c1-8(2,3)5-6(9)4-7;1-7(2,3)4-6-5-8-6;;;;;;/h6,9H,4-5H2,1-3H3;6H,4-5H2,1-3H3;3*1H;;;1H2/q2*+1;;;;2*+1;/p-4. The first-order chi connectivity index (χ1) is 7.53. The summed E-state index contributed by atoms with van der Waals surface area (Å²) in [7, 11) is 12.6. The average molecular weight is 438 g/mol. The van der Waals surface area contributed by atoms with Crippen LogP contribution < -0.4 is 96.3 Å². The number of likely N-dealkylation sites (N-methyl/N-ethyl adjacent to an activating group) is 2. The van der Waals surface area contributed by atoms with Crippen molar-refractivity contribution in [2.45, 2.75) is 12.2 Å². The molecule has 2 N–H and O–H groups in total. The maximum Gasteiger partial charge on any atom is 1.00 e. The molecule has 23 heavy (non-hydrogen) atoms. The third-order valence-electron chi connectivity index (χ3n) is 2.09. The molecule has 1 saturated heterocycles. The van der Waals surface area contributed by atoms with Gasteiger partial charge in [-0.1, -0.05) is 0 Å². The van der Waals surface area contributed by atoms with Crippen molar-refractivity contribution in [1.82, 2.24) is 0 Å². The fraction of sp³-hybridized carbons (Fsp3) is 1.00. The van der Waals surface area contributed by atoms with Gasteiger partial charge >= 0.3 is 59.1 Å². The zero-order valence-corrected chi connectivity index (χ0v) is 22.7. The Hall–Kier alpha value is 2.96. The van der Waals surface area contributed by atoms with Crippen molar-refractivity contribution in [2.24, 2.45) is 0 Å². The van der Waals surface area contributed by atoms with E-state index in [1.165, 1.54) is 0 Å². The Balaban J connectivity index is -0.0000000354. The topological polar surface area (TPSA) is 62.8 Å². The van der Waals surface area contributed by atoms with Gasteiger partial charge in [0.2, 0.25) is 0 Å². The van der Waals surface area contributed by atoms with Crippen molar-refractivity contribution >= 4 is 11.6 Å². The number of hydrogen-bond acceptors (Lipinski definition) is 3. The Kier molecular flexibility index (Phi) is 41.6. The molecule has 1 aliphatic heterocycles. The second-order valence-electron chi connectivity index (χ2n) is 6.71. The monoisotopic (exact) mass is 436 g/mol. The van der Waals surface area contributed by atoms with E-state index in [4.69, 9.17) is 21.4 Å². The SMILES string of the molecule is C[N+](C)(C)CC(O)CCl.C[N+](C)(C)CC1CO1.[Cl-].[Cl-].[Cl-].[Na+].[Na+].[OH-]. The summed E-state index contributed by atoms with van der Waals surface area (Å²) < 4.78 is 6.85. The number of aliphatic hydroxyl groups is 1. The van der Waals surface area contributed by atoms with Crippen molar-refractivity contribution in [1.29, 1.82) is 0 Å². The van der Waals surface area contributed by atoms with Gasteiger partial charge in [0, 0.05) is 0 Å². The summed E-state index contributed by atoms with van der Waals surface area (Å²) in [5.41, 5.74) is 0. The maximum atomic E-state index is 9.05. The van der Waals surface area contributed by atoms with Crippen molar-refractivity contribution in [3.8, 4) is 0 Å². The second-order valence-corrected chi connectivity index (χ2v) is 7.02. The zero-order valence-electron chi connectivity index (χ0n) is 15.7. The van der Waals surface area contributed by atoms with Gasteiger partial charge < -0.3 is 61.5 Å². The van der Waals surface area contributed by atoms with Crippen LogP contribution in [0.1, 0.15) is 0 Å². The first-order valence-electron chi connectivity index (χ1n) is 6.00. The summed E-state index contributed by atoms with van der Waals surface area (Å²) in [5, 5.41) is 9.05. The number of rotatable bonds is 5. The van der Waals surface area contributed by atoms with Gasteiger partial charge in [-0.25, -0.2) is 0 Å². The molecule has 0 radical (unpaired) electrons. The van der Waals surface area contributed by atoms with E-state index in [0.29, 0.717) is 18.5 Å². The van der Waals surface area contributed by atoms with Gasteiger partial charge in [0.15, 0.2) is 0 Å². The molecule has 2 unspecified atom stereocenters. The minimum absolute atomic E-state index is 0. The average Bonchev–Trinajstić information content (AvgIpc) is 2.83. The number of alkyl halides is 1. The van der Waals surface area contributed by atoms with Crippen LogP contribution in [0.5, 0.6) is 0 Å². The van der Waals surface area contributed by atoms with Gasteiger partial charge in [-0.3, -0.25) is 0 Å². The molecule has 0 amide bonds. The van der Waals surface area contributed by atoms with Gasteiger partial charge in [0.25, 0.3) is 0 Å². The van der Waals surface area contributed by atoms with Gasteiger partial charge in [-0.2, -0.15) is 0 Å². The predicted molar refractivity (Wildman–Crippen MR) is 74.2 cm³/mol. The molecule has 11 heteroatoms. The Labute approximate surface area is 210 Å². The molecule has 1 aliphatic rings. The van der Waals surface area contributed by atoms with E-state index in [0.717, 1.165) is 22.1 Å². The fourth-order valence-electron chi connectivity index (χ4n) is 1.47. The van der Waals surface area contributed by atoms with Crippen LogP contribution in [0.4, 0.5) is 0 Å². The number of ether oxygens (including phenoxy) is 1. The molecule has 1 rings (SSSR count). The van der Waals surface area contributed by atoms with Crippen molar-refractivity contribution in [2.75, 3.05) is 67.9 Å². The van der Waals surface area contributed by atoms with E-state index >= 15 is 0 Å². The third kappa shape index (κ3) is 40.8. The second kappa shape index (κ2) is 21.3. The number of halogens is 4. The normalized spacial score (nSPS) is 15.9. The van der Waals surface area contributed by atoms with Crippen molar-refractivity contribution < 1.29 is 121 Å². The summed E-state index contributed by atoms with van der Waals surface area (Å²) in [4.78, 5) is 0. The first-order valence-corrected chi connectivity index (χ1v) is 6.53. The molecule has 0 aliphatic carbocycles. The Morgan fingerprint density at radius 1 is 1.00 bits per heavy atom. The van der Waals surface area contributed by atoms with Crippen molar-refractivity contribution in [3.05, 3.63) is 0 Å². The molecule has 0 spiro atoms. The predicted octanol–water partition coefficient (Wildman–Crippen LogP) is -14.8. The summed E-state index contributed by atoms with van der Waals surface area (Å²) in [5.74, 6) is 0.329. The minimum Gasteiger partial charge on any atom is -1.00 e. The van der Waals surface area contributed by atoms with E-state index in [1.807, 2.05) is 21.1 Å². The quantitative estimate of drug-likeness (QED) is 0.201. The van der Waals surface area contributed by atoms with Gasteiger partial charge in [0.1, 0.15) is 25.3 Å². The summed E-state index contributed by atoms with van der Waals surface area (Å²) in [6.07, 6.45) is 0.196. The summed E-state index contributed by atoms with van der Waals surface area (Å²) >= 11 is 5.40. The third-order valence-corrected chi connectivity index (χ3v) is 2.45. The molecule has 1 heterocycles. The molecular formula is C12H30Cl4N2Na2O3. The van der Waals surface area contributed by atoms with E-state index in [1.54, 1.807) is 0 Å². The number of aliphatic hydroxyl groups excluding tert-OH is 1. The number of nitrogens with zero attached hydrogens (tertiary/aromatic N) is 2. The van der Waals surface area contributed by atoms with Crippen LogP contribution in [0.15, 0.2) is 0 Å². The van der Waals surface area contributed by atoms with Crippen LogP contribution in [-0.2, 0) is 4.74 Å².